The number of carboxylic acids is 1. The molecular weight excluding hydrogens is 432 g/mol. The maximum absolute atomic E-state index is 11.1. The molecule has 1 aliphatic rings. The number of nitrogens with one attached hydrogen (secondary N) is 1. The summed E-state index contributed by atoms with van der Waals surface area (Å²) in [5, 5.41) is 23.6. The van der Waals surface area contributed by atoms with Gasteiger partial charge in [0.25, 0.3) is 0 Å². The van der Waals surface area contributed by atoms with Crippen molar-refractivity contribution in [3.63, 3.8) is 0 Å². The number of aliphatic carboxylic acids is 1. The predicted octanol–water partition coefficient (Wildman–Crippen LogP) is 3.61. The zero-order valence-electron chi connectivity index (χ0n) is 19.2. The molecule has 8 nitrogen and oxygen atoms in total. The standard InChI is InChI=1S/C26H28N4O4/c1-3-18-11-12-22(23(14-18)34-17-33-4-2)25-20-9-5-6-10-21(20)26(29-28-25)27-19-8-7-13-30(15-19)16-24(31)32/h1,5-6,9-12,14,19H,4,7-8,13,15-17H2,2H3,(H,27,29)(H,31,32)/t19-/m1/s1. The van der Waals surface area contributed by atoms with Crippen molar-refractivity contribution < 1.29 is 19.4 Å². The highest BCUT2D eigenvalue weighted by molar-refractivity contribution is 6.01. The van der Waals surface area contributed by atoms with E-state index < -0.39 is 5.97 Å². The molecule has 0 spiro atoms. The Labute approximate surface area is 198 Å². The van der Waals surface area contributed by atoms with Crippen LogP contribution in [0.25, 0.3) is 22.0 Å². The van der Waals surface area contributed by atoms with Gasteiger partial charge in [-0.3, -0.25) is 9.69 Å². The van der Waals surface area contributed by atoms with Gasteiger partial charge >= 0.3 is 5.97 Å². The molecule has 0 saturated carbocycles. The van der Waals surface area contributed by atoms with Crippen molar-refractivity contribution in [2.75, 3.05) is 38.4 Å². The zero-order chi connectivity index (χ0) is 23.9. The van der Waals surface area contributed by atoms with Crippen LogP contribution in [-0.2, 0) is 9.53 Å². The second kappa shape index (κ2) is 11.0. The van der Waals surface area contributed by atoms with Gasteiger partial charge in [-0.1, -0.05) is 30.2 Å². The van der Waals surface area contributed by atoms with Crippen molar-refractivity contribution in [3.05, 3.63) is 48.0 Å². The lowest BCUT2D eigenvalue weighted by Gasteiger charge is -2.32. The minimum absolute atomic E-state index is 0.0434. The van der Waals surface area contributed by atoms with Crippen LogP contribution in [0.3, 0.4) is 0 Å². The van der Waals surface area contributed by atoms with E-state index in [0.29, 0.717) is 36.0 Å². The van der Waals surface area contributed by atoms with Gasteiger partial charge in [-0.05, 0) is 44.5 Å². The molecule has 1 fully saturated rings. The van der Waals surface area contributed by atoms with Crippen LogP contribution in [0, 0.1) is 12.3 Å². The third-order valence-corrected chi connectivity index (χ3v) is 5.80. The summed E-state index contributed by atoms with van der Waals surface area (Å²) in [5.41, 5.74) is 2.17. The predicted molar refractivity (Wildman–Crippen MR) is 131 cm³/mol. The third kappa shape index (κ3) is 5.45. The Hall–Kier alpha value is -3.67. The highest BCUT2D eigenvalue weighted by atomic mass is 16.7. The number of carboxylic acid groups (broad SMARTS) is 1. The third-order valence-electron chi connectivity index (χ3n) is 5.80. The molecule has 1 aromatic heterocycles. The molecule has 0 radical (unpaired) electrons. The van der Waals surface area contributed by atoms with Crippen LogP contribution >= 0.6 is 0 Å². The van der Waals surface area contributed by atoms with E-state index in [4.69, 9.17) is 21.0 Å². The first-order valence-electron chi connectivity index (χ1n) is 11.4. The van der Waals surface area contributed by atoms with Crippen LogP contribution < -0.4 is 10.1 Å². The van der Waals surface area contributed by atoms with E-state index in [0.717, 1.165) is 35.7 Å². The maximum atomic E-state index is 11.1. The number of carbonyl (C=O) groups is 1. The van der Waals surface area contributed by atoms with Gasteiger partial charge in [0.15, 0.2) is 12.6 Å². The Kier molecular flexibility index (Phi) is 7.58. The van der Waals surface area contributed by atoms with E-state index in [-0.39, 0.29) is 19.4 Å². The number of hydrogen-bond acceptors (Lipinski definition) is 7. The highest BCUT2D eigenvalue weighted by Crippen LogP contribution is 2.36. The molecule has 2 aromatic carbocycles. The first-order chi connectivity index (χ1) is 16.6. The van der Waals surface area contributed by atoms with E-state index in [1.807, 2.05) is 48.2 Å². The van der Waals surface area contributed by atoms with Crippen LogP contribution in [0.2, 0.25) is 0 Å². The monoisotopic (exact) mass is 460 g/mol. The molecule has 176 valence electrons. The van der Waals surface area contributed by atoms with Gasteiger partial charge in [0, 0.05) is 41.1 Å². The van der Waals surface area contributed by atoms with Gasteiger partial charge in [0.1, 0.15) is 11.4 Å². The summed E-state index contributed by atoms with van der Waals surface area (Å²) < 4.78 is 11.2. The summed E-state index contributed by atoms with van der Waals surface area (Å²) in [7, 11) is 0. The number of aromatic nitrogens is 2. The van der Waals surface area contributed by atoms with Crippen molar-refractivity contribution >= 4 is 22.6 Å². The van der Waals surface area contributed by atoms with Gasteiger partial charge < -0.3 is 19.9 Å². The molecule has 1 saturated heterocycles. The molecule has 8 heteroatoms. The molecule has 2 heterocycles. The number of rotatable bonds is 9. The molecule has 0 bridgehead atoms. The van der Waals surface area contributed by atoms with E-state index in [1.54, 1.807) is 6.07 Å². The van der Waals surface area contributed by atoms with E-state index in [1.165, 1.54) is 0 Å². The minimum Gasteiger partial charge on any atom is -0.480 e. The van der Waals surface area contributed by atoms with Crippen LogP contribution in [-0.4, -0.2) is 65.2 Å². The number of hydrogen-bond donors (Lipinski definition) is 2. The normalized spacial score (nSPS) is 16.2. The van der Waals surface area contributed by atoms with Crippen molar-refractivity contribution in [3.8, 4) is 29.4 Å². The lowest BCUT2D eigenvalue weighted by Crippen LogP contribution is -2.44. The Balaban J connectivity index is 1.67. The Morgan fingerprint density at radius 3 is 2.85 bits per heavy atom. The summed E-state index contributed by atoms with van der Waals surface area (Å²) in [6, 6.07) is 13.6. The Morgan fingerprint density at radius 1 is 1.26 bits per heavy atom. The zero-order valence-corrected chi connectivity index (χ0v) is 19.2. The fourth-order valence-corrected chi connectivity index (χ4v) is 4.23. The molecule has 2 N–H and O–H groups in total. The van der Waals surface area contributed by atoms with Gasteiger partial charge in [-0.25, -0.2) is 0 Å². The molecule has 1 atom stereocenters. The van der Waals surface area contributed by atoms with E-state index in [9.17, 15) is 4.79 Å². The first kappa shape index (κ1) is 23.5. The van der Waals surface area contributed by atoms with Crippen LogP contribution in [0.1, 0.15) is 25.3 Å². The molecular formula is C26H28N4O4. The number of piperidine rings is 1. The number of anilines is 1. The Bertz CT molecular complexity index is 1210. The average molecular weight is 461 g/mol. The fraction of sp³-hybridized carbons (Fsp3) is 0.346. The largest absolute Gasteiger partial charge is 0.480 e. The fourth-order valence-electron chi connectivity index (χ4n) is 4.23. The molecule has 3 aromatic rings. The second-order valence-electron chi connectivity index (χ2n) is 8.17. The minimum atomic E-state index is -0.812. The van der Waals surface area contributed by atoms with E-state index >= 15 is 0 Å². The quantitative estimate of drug-likeness (QED) is 0.284. The summed E-state index contributed by atoms with van der Waals surface area (Å²) in [6.45, 7) is 4.03. The highest BCUT2D eigenvalue weighted by Gasteiger charge is 2.23. The van der Waals surface area contributed by atoms with Crippen LogP contribution in [0.15, 0.2) is 42.5 Å². The number of nitrogens with zero attached hydrogens (tertiary/aromatic N) is 3. The van der Waals surface area contributed by atoms with Crippen molar-refractivity contribution in [2.24, 2.45) is 0 Å². The molecule has 0 amide bonds. The number of benzene rings is 2. The molecule has 1 aliphatic heterocycles. The summed E-state index contributed by atoms with van der Waals surface area (Å²) in [4.78, 5) is 13.1. The summed E-state index contributed by atoms with van der Waals surface area (Å²) in [6.07, 6.45) is 7.46. The molecule has 4 rings (SSSR count). The summed E-state index contributed by atoms with van der Waals surface area (Å²) >= 11 is 0. The summed E-state index contributed by atoms with van der Waals surface area (Å²) in [5.74, 6) is 3.09. The molecule has 0 unspecified atom stereocenters. The average Bonchev–Trinajstić information content (AvgIpc) is 2.84. The van der Waals surface area contributed by atoms with Gasteiger partial charge in [0.05, 0.1) is 6.54 Å². The van der Waals surface area contributed by atoms with Gasteiger partial charge in [-0.2, -0.15) is 0 Å². The maximum Gasteiger partial charge on any atom is 0.317 e. The number of fused-ring (bicyclic) bond motifs is 1. The number of likely N-dealkylation sites (tertiary alicyclic amines) is 1. The number of terminal acetylenes is 1. The lowest BCUT2D eigenvalue weighted by molar-refractivity contribution is -0.138. The van der Waals surface area contributed by atoms with Gasteiger partial charge in [-0.15, -0.1) is 16.6 Å². The molecule has 34 heavy (non-hydrogen) atoms. The Morgan fingerprint density at radius 2 is 2.09 bits per heavy atom. The van der Waals surface area contributed by atoms with Crippen LogP contribution in [0.4, 0.5) is 5.82 Å². The molecule has 0 aliphatic carbocycles. The van der Waals surface area contributed by atoms with Crippen molar-refractivity contribution in [1.29, 1.82) is 0 Å². The number of ether oxygens (including phenoxy) is 2. The second-order valence-corrected chi connectivity index (χ2v) is 8.17. The smallest absolute Gasteiger partial charge is 0.317 e. The lowest BCUT2D eigenvalue weighted by atomic mass is 10.0. The van der Waals surface area contributed by atoms with E-state index in [2.05, 4.69) is 21.4 Å². The van der Waals surface area contributed by atoms with Crippen LogP contribution in [0.5, 0.6) is 5.75 Å². The van der Waals surface area contributed by atoms with Gasteiger partial charge in [0.2, 0.25) is 0 Å². The SMILES string of the molecule is C#Cc1ccc(-c2nnc(N[C@@H]3CCCN(CC(=O)O)C3)c3ccccc23)c(OCOCC)c1. The topological polar surface area (TPSA) is 96.8 Å². The van der Waals surface area contributed by atoms with Crippen molar-refractivity contribution in [1.82, 2.24) is 15.1 Å². The van der Waals surface area contributed by atoms with Crippen molar-refractivity contribution in [2.45, 2.75) is 25.8 Å². The first-order valence-corrected chi connectivity index (χ1v) is 11.4.